The first-order chi connectivity index (χ1) is 10.6. The second-order valence-electron chi connectivity index (χ2n) is 4.71. The molecule has 3 rings (SSSR count). The molecule has 0 atom stereocenters. The maximum absolute atomic E-state index is 12.4. The van der Waals surface area contributed by atoms with E-state index < -0.39 is 10.0 Å². The average molecular weight is 342 g/mol. The van der Waals surface area contributed by atoms with E-state index in [1.165, 1.54) is 6.07 Å². The van der Waals surface area contributed by atoms with Crippen molar-refractivity contribution in [1.29, 1.82) is 0 Å². The third-order valence-corrected chi connectivity index (χ3v) is 5.29. The molecule has 1 aromatic heterocycles. The summed E-state index contributed by atoms with van der Waals surface area (Å²) in [7, 11) is -3.82. The van der Waals surface area contributed by atoms with Crippen LogP contribution in [0.4, 0.5) is 0 Å². The summed E-state index contributed by atoms with van der Waals surface area (Å²) in [6, 6.07) is 4.74. The Bertz CT molecular complexity index is 783. The van der Waals surface area contributed by atoms with Crippen molar-refractivity contribution in [2.75, 3.05) is 32.8 Å². The molecule has 1 N–H and O–H groups in total. The molecule has 22 heavy (non-hydrogen) atoms. The fourth-order valence-electron chi connectivity index (χ4n) is 2.16. The number of hydrogen-bond donors (Lipinski definition) is 1. The van der Waals surface area contributed by atoms with Gasteiger partial charge >= 0.3 is 0 Å². The first kappa shape index (κ1) is 15.3. The molecule has 0 spiro atoms. The van der Waals surface area contributed by atoms with E-state index in [9.17, 15) is 13.2 Å². The van der Waals surface area contributed by atoms with E-state index in [0.29, 0.717) is 37.3 Å². The molecule has 2 aromatic rings. The number of sulfonamides is 1. The van der Waals surface area contributed by atoms with Gasteiger partial charge < -0.3 is 9.64 Å². The zero-order chi connectivity index (χ0) is 15.6. The first-order valence-electron chi connectivity index (χ1n) is 6.64. The van der Waals surface area contributed by atoms with Gasteiger partial charge in [0.15, 0.2) is 0 Å². The molecule has 0 aliphatic carbocycles. The molecule has 0 unspecified atom stereocenters. The molecule has 2 heterocycles. The van der Waals surface area contributed by atoms with Gasteiger partial charge in [0.1, 0.15) is 15.9 Å². The Balaban J connectivity index is 1.73. The van der Waals surface area contributed by atoms with Crippen molar-refractivity contribution < 1.29 is 17.9 Å². The first-order valence-corrected chi connectivity index (χ1v) is 8.86. The Morgan fingerprint density at radius 1 is 1.32 bits per heavy atom. The van der Waals surface area contributed by atoms with Crippen LogP contribution >= 0.6 is 11.7 Å². The molecule has 8 nitrogen and oxygen atoms in total. The fraction of sp³-hybridized carbons (Fsp3) is 0.417. The quantitative estimate of drug-likeness (QED) is 0.828. The zero-order valence-corrected chi connectivity index (χ0v) is 13.2. The summed E-state index contributed by atoms with van der Waals surface area (Å²) in [4.78, 5) is 13.6. The third-order valence-electron chi connectivity index (χ3n) is 3.32. The molecule has 0 bridgehead atoms. The molecule has 1 amide bonds. The normalized spacial score (nSPS) is 16.1. The van der Waals surface area contributed by atoms with E-state index >= 15 is 0 Å². The molecular formula is C12H14N4O4S2. The van der Waals surface area contributed by atoms with E-state index in [2.05, 4.69) is 13.5 Å². The van der Waals surface area contributed by atoms with Gasteiger partial charge in [0.05, 0.1) is 31.5 Å². The lowest BCUT2D eigenvalue weighted by atomic mass is 10.3. The predicted octanol–water partition coefficient (Wildman–Crippen LogP) is -0.172. The van der Waals surface area contributed by atoms with Crippen LogP contribution in [0.2, 0.25) is 0 Å². The molecular weight excluding hydrogens is 328 g/mol. The van der Waals surface area contributed by atoms with Crippen LogP contribution in [0, 0.1) is 0 Å². The number of benzene rings is 1. The molecule has 1 aliphatic rings. The van der Waals surface area contributed by atoms with Crippen LogP contribution in [-0.4, -0.2) is 60.8 Å². The van der Waals surface area contributed by atoms with Crippen molar-refractivity contribution in [3.63, 3.8) is 0 Å². The van der Waals surface area contributed by atoms with E-state index in [0.717, 1.165) is 11.7 Å². The second kappa shape index (κ2) is 6.24. The van der Waals surface area contributed by atoms with Crippen LogP contribution in [0.1, 0.15) is 0 Å². The lowest BCUT2D eigenvalue weighted by molar-refractivity contribution is -0.133. The molecule has 1 saturated heterocycles. The summed E-state index contributed by atoms with van der Waals surface area (Å²) in [6.45, 7) is 1.62. The topological polar surface area (TPSA) is 101 Å². The number of aromatic nitrogens is 2. The molecule has 118 valence electrons. The van der Waals surface area contributed by atoms with Crippen LogP contribution in [0.3, 0.4) is 0 Å². The van der Waals surface area contributed by atoms with Crippen LogP contribution in [0.15, 0.2) is 23.1 Å². The summed E-state index contributed by atoms with van der Waals surface area (Å²) >= 11 is 0.949. The summed E-state index contributed by atoms with van der Waals surface area (Å²) in [6.07, 6.45) is 0. The van der Waals surface area contributed by atoms with E-state index in [-0.39, 0.29) is 17.3 Å². The molecule has 1 fully saturated rings. The lowest BCUT2D eigenvalue weighted by Crippen LogP contribution is -2.45. The van der Waals surface area contributed by atoms with Crippen LogP contribution in [-0.2, 0) is 19.6 Å². The summed E-state index contributed by atoms with van der Waals surface area (Å²) in [5.41, 5.74) is 0.839. The highest BCUT2D eigenvalue weighted by molar-refractivity contribution is 7.89. The minimum absolute atomic E-state index is 0.0357. The van der Waals surface area contributed by atoms with E-state index in [4.69, 9.17) is 4.74 Å². The molecule has 1 aromatic carbocycles. The second-order valence-corrected chi connectivity index (χ2v) is 6.97. The van der Waals surface area contributed by atoms with Gasteiger partial charge in [-0.05, 0) is 12.1 Å². The van der Waals surface area contributed by atoms with Crippen molar-refractivity contribution in [2.24, 2.45) is 0 Å². The van der Waals surface area contributed by atoms with Gasteiger partial charge in [-0.2, -0.15) is 8.75 Å². The maximum atomic E-state index is 12.4. The Morgan fingerprint density at radius 3 is 2.86 bits per heavy atom. The molecule has 0 radical (unpaired) electrons. The Morgan fingerprint density at radius 2 is 2.09 bits per heavy atom. The number of nitrogens with zero attached hydrogens (tertiary/aromatic N) is 3. The van der Waals surface area contributed by atoms with Gasteiger partial charge in [0, 0.05) is 13.1 Å². The minimum Gasteiger partial charge on any atom is -0.378 e. The maximum Gasteiger partial charge on any atom is 0.243 e. The molecule has 1 aliphatic heterocycles. The summed E-state index contributed by atoms with van der Waals surface area (Å²) in [5.74, 6) is -0.268. The number of hydrogen-bond acceptors (Lipinski definition) is 7. The summed E-state index contributed by atoms with van der Waals surface area (Å²) < 4.78 is 40.2. The Labute approximate surface area is 131 Å². The van der Waals surface area contributed by atoms with Crippen molar-refractivity contribution in [3.05, 3.63) is 18.2 Å². The number of morpholine rings is 1. The van der Waals surface area contributed by atoms with Crippen LogP contribution in [0.5, 0.6) is 0 Å². The number of amides is 1. The highest BCUT2D eigenvalue weighted by atomic mass is 32.2. The third kappa shape index (κ3) is 3.09. The van der Waals surface area contributed by atoms with Crippen LogP contribution in [0.25, 0.3) is 11.0 Å². The fourth-order valence-corrected chi connectivity index (χ4v) is 3.90. The number of fused-ring (bicyclic) bond motifs is 1. The number of nitrogens with one attached hydrogen (secondary N) is 1. The highest BCUT2D eigenvalue weighted by Crippen LogP contribution is 2.20. The van der Waals surface area contributed by atoms with Gasteiger partial charge in [-0.3, -0.25) is 4.79 Å². The zero-order valence-electron chi connectivity index (χ0n) is 11.6. The van der Waals surface area contributed by atoms with Crippen molar-refractivity contribution in [2.45, 2.75) is 4.90 Å². The van der Waals surface area contributed by atoms with Gasteiger partial charge in [-0.15, -0.1) is 0 Å². The van der Waals surface area contributed by atoms with Gasteiger partial charge in [0.2, 0.25) is 15.9 Å². The highest BCUT2D eigenvalue weighted by Gasteiger charge is 2.23. The number of ether oxygens (including phenoxy) is 1. The van der Waals surface area contributed by atoms with E-state index in [1.54, 1.807) is 17.0 Å². The van der Waals surface area contributed by atoms with Crippen molar-refractivity contribution in [1.82, 2.24) is 18.4 Å². The SMILES string of the molecule is O=C(CNS(=O)(=O)c1cccc2nsnc12)N1CCOCC1. The van der Waals surface area contributed by atoms with Gasteiger partial charge in [-0.1, -0.05) is 6.07 Å². The number of carbonyl (C=O) groups is 1. The van der Waals surface area contributed by atoms with Gasteiger partial charge in [-0.25, -0.2) is 13.1 Å². The lowest BCUT2D eigenvalue weighted by Gasteiger charge is -2.26. The molecule has 0 saturated carbocycles. The number of carbonyl (C=O) groups excluding carboxylic acids is 1. The average Bonchev–Trinajstić information content (AvgIpc) is 3.02. The monoisotopic (exact) mass is 342 g/mol. The predicted molar refractivity (Wildman–Crippen MR) is 80.0 cm³/mol. The Hall–Kier alpha value is -1.62. The standard InChI is InChI=1S/C12H14N4O4S2/c17-11(16-4-6-20-7-5-16)8-13-22(18,19)10-3-1-2-9-12(10)15-21-14-9/h1-3,13H,4-8H2. The minimum atomic E-state index is -3.82. The van der Waals surface area contributed by atoms with Gasteiger partial charge in [0.25, 0.3) is 0 Å². The van der Waals surface area contributed by atoms with Crippen molar-refractivity contribution in [3.8, 4) is 0 Å². The smallest absolute Gasteiger partial charge is 0.243 e. The summed E-state index contributed by atoms with van der Waals surface area (Å²) in [5, 5.41) is 0. The largest absolute Gasteiger partial charge is 0.378 e. The molecule has 10 heteroatoms. The van der Waals surface area contributed by atoms with Crippen LogP contribution < -0.4 is 4.72 Å². The Kier molecular flexibility index (Phi) is 4.34. The van der Waals surface area contributed by atoms with E-state index in [1.807, 2.05) is 0 Å². The number of rotatable bonds is 4. The van der Waals surface area contributed by atoms with Crippen molar-refractivity contribution >= 4 is 38.7 Å².